The second kappa shape index (κ2) is 12.2. The molecule has 2 N–H and O–H groups in total. The minimum atomic E-state index is -1.17. The smallest absolute Gasteiger partial charge is 0.338 e. The van der Waals surface area contributed by atoms with Gasteiger partial charge in [0.1, 0.15) is 18.5 Å². The van der Waals surface area contributed by atoms with Gasteiger partial charge in [-0.25, -0.2) is 4.79 Å². The molecule has 0 spiro atoms. The first-order valence-corrected chi connectivity index (χ1v) is 9.86. The maximum absolute atomic E-state index is 12.0. The highest BCUT2D eigenvalue weighted by molar-refractivity contribution is 5.89. The van der Waals surface area contributed by atoms with Crippen LogP contribution in [0.1, 0.15) is 42.1 Å². The number of esters is 1. The van der Waals surface area contributed by atoms with Crippen LogP contribution in [0.25, 0.3) is 0 Å². The zero-order valence-electron chi connectivity index (χ0n) is 17.0. The maximum Gasteiger partial charge on any atom is 0.338 e. The molecule has 2 aromatic carbocycles. The first-order valence-electron chi connectivity index (χ1n) is 9.86. The highest BCUT2D eigenvalue weighted by Crippen LogP contribution is 2.17. The highest BCUT2D eigenvalue weighted by atomic mass is 16.5. The summed E-state index contributed by atoms with van der Waals surface area (Å²) in [5, 5.41) is 20.5. The lowest BCUT2D eigenvalue weighted by atomic mass is 10.0. The molecule has 2 aromatic rings. The number of hydrogen-bond donors (Lipinski definition) is 2. The van der Waals surface area contributed by atoms with E-state index in [1.54, 1.807) is 37.4 Å². The minimum Gasteiger partial charge on any atom is -0.497 e. The molecule has 0 aromatic heterocycles. The summed E-state index contributed by atoms with van der Waals surface area (Å²) in [6.07, 6.45) is -0.536. The fourth-order valence-electron chi connectivity index (χ4n) is 2.88. The number of carbonyl (C=O) groups excluding carboxylic acids is 1. The van der Waals surface area contributed by atoms with Crippen LogP contribution in [0.15, 0.2) is 54.6 Å². The van der Waals surface area contributed by atoms with Crippen LogP contribution in [0.4, 0.5) is 0 Å². The first-order chi connectivity index (χ1) is 14.0. The molecule has 0 aliphatic heterocycles. The second-order valence-corrected chi connectivity index (χ2v) is 6.90. The van der Waals surface area contributed by atoms with Crippen molar-refractivity contribution in [3.63, 3.8) is 0 Å². The molecule has 0 radical (unpaired) electrons. The number of benzene rings is 2. The van der Waals surface area contributed by atoms with E-state index < -0.39 is 18.2 Å². The fraction of sp³-hybridized carbons (Fsp3) is 0.435. The molecule has 2 rings (SSSR count). The third kappa shape index (κ3) is 7.85. The van der Waals surface area contributed by atoms with E-state index >= 15 is 0 Å². The summed E-state index contributed by atoms with van der Waals surface area (Å²) in [7, 11) is 1.62. The maximum atomic E-state index is 12.0. The molecule has 6 nitrogen and oxygen atoms in total. The molecule has 0 amide bonds. The van der Waals surface area contributed by atoms with Gasteiger partial charge in [0, 0.05) is 6.42 Å². The van der Waals surface area contributed by atoms with Crippen LogP contribution in [0.2, 0.25) is 0 Å². The summed E-state index contributed by atoms with van der Waals surface area (Å²) in [4.78, 5) is 12.0. The third-order valence-electron chi connectivity index (χ3n) is 4.60. The van der Waals surface area contributed by atoms with Crippen LogP contribution in [0.5, 0.6) is 5.75 Å². The fourth-order valence-corrected chi connectivity index (χ4v) is 2.88. The molecule has 158 valence electrons. The van der Waals surface area contributed by atoms with Gasteiger partial charge < -0.3 is 24.4 Å². The topological polar surface area (TPSA) is 85.2 Å². The molecule has 0 heterocycles. The monoisotopic (exact) mass is 402 g/mol. The van der Waals surface area contributed by atoms with Crippen molar-refractivity contribution in [2.75, 3.05) is 13.7 Å². The Labute approximate surface area is 172 Å². The third-order valence-corrected chi connectivity index (χ3v) is 4.60. The van der Waals surface area contributed by atoms with Gasteiger partial charge in [0.25, 0.3) is 0 Å². The Balaban J connectivity index is 1.80. The Bertz CT molecular complexity index is 716. The zero-order chi connectivity index (χ0) is 21.1. The number of carbonyl (C=O) groups is 1. The Morgan fingerprint density at radius 3 is 2.31 bits per heavy atom. The quantitative estimate of drug-likeness (QED) is 0.530. The van der Waals surface area contributed by atoms with Crippen molar-refractivity contribution < 1.29 is 29.2 Å². The Morgan fingerprint density at radius 2 is 1.69 bits per heavy atom. The molecule has 6 heteroatoms. The predicted octanol–water partition coefficient (Wildman–Crippen LogP) is 3.35. The Hall–Kier alpha value is -2.41. The molecule has 0 saturated carbocycles. The molecule has 0 saturated heterocycles. The summed E-state index contributed by atoms with van der Waals surface area (Å²) in [6, 6.07) is 16.1. The normalized spacial score (nSPS) is 14.1. The summed E-state index contributed by atoms with van der Waals surface area (Å²) in [6.45, 7) is 2.17. The van der Waals surface area contributed by atoms with Crippen LogP contribution in [-0.4, -0.2) is 48.2 Å². The van der Waals surface area contributed by atoms with E-state index in [9.17, 15) is 15.0 Å². The Morgan fingerprint density at radius 1 is 1.00 bits per heavy atom. The van der Waals surface area contributed by atoms with Crippen molar-refractivity contribution in [2.45, 2.75) is 51.1 Å². The van der Waals surface area contributed by atoms with Gasteiger partial charge in [-0.2, -0.15) is 0 Å². The van der Waals surface area contributed by atoms with E-state index in [2.05, 4.69) is 0 Å². The molecule has 0 aliphatic rings. The van der Waals surface area contributed by atoms with Crippen molar-refractivity contribution >= 4 is 5.97 Å². The number of aliphatic hydroxyl groups excluding tert-OH is 2. The van der Waals surface area contributed by atoms with Gasteiger partial charge in [-0.1, -0.05) is 43.7 Å². The molecule has 0 aliphatic carbocycles. The average molecular weight is 402 g/mol. The largest absolute Gasteiger partial charge is 0.497 e. The highest BCUT2D eigenvalue weighted by Gasteiger charge is 2.23. The SMILES string of the molecule is CCC[C@@H](C[C@@H](O)[C@H](O)COC(=O)c1ccccc1)OCc1ccc(OC)cc1. The van der Waals surface area contributed by atoms with Crippen molar-refractivity contribution in [3.8, 4) is 5.75 Å². The predicted molar refractivity (Wildman–Crippen MR) is 110 cm³/mol. The van der Waals surface area contributed by atoms with Gasteiger partial charge in [0.05, 0.1) is 31.5 Å². The van der Waals surface area contributed by atoms with E-state index in [0.717, 1.165) is 24.2 Å². The number of ether oxygens (including phenoxy) is 3. The lowest BCUT2D eigenvalue weighted by Crippen LogP contribution is -2.35. The van der Waals surface area contributed by atoms with Crippen molar-refractivity contribution in [3.05, 3.63) is 65.7 Å². The summed E-state index contributed by atoms with van der Waals surface area (Å²) >= 11 is 0. The van der Waals surface area contributed by atoms with Crippen molar-refractivity contribution in [2.24, 2.45) is 0 Å². The van der Waals surface area contributed by atoms with Crippen LogP contribution in [0, 0.1) is 0 Å². The Kier molecular flexibility index (Phi) is 9.64. The van der Waals surface area contributed by atoms with Gasteiger partial charge in [0.2, 0.25) is 0 Å². The number of methoxy groups -OCH3 is 1. The lowest BCUT2D eigenvalue weighted by molar-refractivity contribution is -0.0609. The molecule has 29 heavy (non-hydrogen) atoms. The lowest BCUT2D eigenvalue weighted by Gasteiger charge is -2.24. The molecule has 0 unspecified atom stereocenters. The van der Waals surface area contributed by atoms with Gasteiger partial charge >= 0.3 is 5.97 Å². The molecule has 3 atom stereocenters. The number of aliphatic hydroxyl groups is 2. The van der Waals surface area contributed by atoms with E-state index in [1.807, 2.05) is 31.2 Å². The van der Waals surface area contributed by atoms with Gasteiger partial charge in [-0.15, -0.1) is 0 Å². The second-order valence-electron chi connectivity index (χ2n) is 6.90. The molecule has 0 bridgehead atoms. The summed E-state index contributed by atoms with van der Waals surface area (Å²) in [5.74, 6) is 0.250. The van der Waals surface area contributed by atoms with E-state index in [4.69, 9.17) is 14.2 Å². The molecule has 0 fully saturated rings. The van der Waals surface area contributed by atoms with E-state index in [-0.39, 0.29) is 19.1 Å². The standard InChI is InChI=1S/C23H30O6/c1-3-7-20(28-15-17-10-12-19(27-2)13-11-17)14-21(24)22(25)16-29-23(26)18-8-5-4-6-9-18/h4-6,8-13,20-22,24-25H,3,7,14-16H2,1-2H3/t20-,21+,22+/m0/s1. The molecular weight excluding hydrogens is 372 g/mol. The van der Waals surface area contributed by atoms with Crippen LogP contribution in [0.3, 0.4) is 0 Å². The van der Waals surface area contributed by atoms with Crippen LogP contribution >= 0.6 is 0 Å². The van der Waals surface area contributed by atoms with Gasteiger partial charge in [-0.3, -0.25) is 0 Å². The average Bonchev–Trinajstić information content (AvgIpc) is 2.76. The van der Waals surface area contributed by atoms with E-state index in [1.165, 1.54) is 0 Å². The van der Waals surface area contributed by atoms with Crippen molar-refractivity contribution in [1.29, 1.82) is 0 Å². The van der Waals surface area contributed by atoms with Gasteiger partial charge in [0.15, 0.2) is 0 Å². The van der Waals surface area contributed by atoms with Crippen molar-refractivity contribution in [1.82, 2.24) is 0 Å². The summed E-state index contributed by atoms with van der Waals surface area (Å²) in [5.41, 5.74) is 1.40. The zero-order valence-corrected chi connectivity index (χ0v) is 17.0. The van der Waals surface area contributed by atoms with Crippen LogP contribution < -0.4 is 4.74 Å². The minimum absolute atomic E-state index is 0.212. The van der Waals surface area contributed by atoms with Gasteiger partial charge in [-0.05, 0) is 36.2 Å². The number of hydrogen-bond acceptors (Lipinski definition) is 6. The molecular formula is C23H30O6. The summed E-state index contributed by atoms with van der Waals surface area (Å²) < 4.78 is 16.2. The van der Waals surface area contributed by atoms with Crippen LogP contribution in [-0.2, 0) is 16.1 Å². The van der Waals surface area contributed by atoms with E-state index in [0.29, 0.717) is 12.2 Å². The number of rotatable bonds is 12. The first kappa shape index (κ1) is 22.9.